The lowest BCUT2D eigenvalue weighted by atomic mass is 10.1. The Labute approximate surface area is 118 Å². The van der Waals surface area contributed by atoms with E-state index in [0.29, 0.717) is 5.88 Å². The summed E-state index contributed by atoms with van der Waals surface area (Å²) in [6.45, 7) is 2.68. The zero-order chi connectivity index (χ0) is 13.9. The van der Waals surface area contributed by atoms with Crippen LogP contribution in [-0.2, 0) is 19.5 Å². The van der Waals surface area contributed by atoms with Crippen LogP contribution in [0.1, 0.15) is 16.9 Å². The number of hydrogen-bond donors (Lipinski definition) is 0. The molecule has 0 atom stereocenters. The number of hydrogen-bond acceptors (Lipinski definition) is 5. The monoisotopic (exact) mass is 274 g/mol. The molecule has 0 radical (unpaired) electrons. The Morgan fingerprint density at radius 3 is 2.70 bits per heavy atom. The summed E-state index contributed by atoms with van der Waals surface area (Å²) in [5.74, 6) is 2.45. The van der Waals surface area contributed by atoms with Crippen LogP contribution in [-0.4, -0.2) is 30.8 Å². The second-order valence-electron chi connectivity index (χ2n) is 4.90. The van der Waals surface area contributed by atoms with Gasteiger partial charge in [0.05, 0.1) is 19.8 Å². The molecule has 1 aliphatic heterocycles. The van der Waals surface area contributed by atoms with Crippen LogP contribution in [0.3, 0.4) is 0 Å². The Bertz CT molecular complexity index is 564. The molecule has 0 aliphatic carbocycles. The molecule has 1 aromatic carbocycles. The average molecular weight is 274 g/mol. The summed E-state index contributed by atoms with van der Waals surface area (Å²) in [5.41, 5.74) is 2.34. The Kier molecular flexibility index (Phi) is 3.60. The molecule has 0 unspecified atom stereocenters. The standard InChI is InChI=1S/C15H18N2O3/c1-18-12-5-3-11(4-6-12)9-17-8-7-14-13(10-17)15(19-2)16-20-14/h3-6H,7-10H2,1-2H3. The lowest BCUT2D eigenvalue weighted by molar-refractivity contribution is 0.228. The number of ether oxygens (including phenoxy) is 2. The molecule has 0 saturated carbocycles. The van der Waals surface area contributed by atoms with Crippen molar-refractivity contribution < 1.29 is 14.0 Å². The fourth-order valence-corrected chi connectivity index (χ4v) is 2.53. The van der Waals surface area contributed by atoms with Gasteiger partial charge < -0.3 is 14.0 Å². The first-order valence-corrected chi connectivity index (χ1v) is 6.67. The van der Waals surface area contributed by atoms with E-state index in [-0.39, 0.29) is 0 Å². The zero-order valence-electron chi connectivity index (χ0n) is 11.8. The third-order valence-corrected chi connectivity index (χ3v) is 3.63. The van der Waals surface area contributed by atoms with E-state index in [0.717, 1.165) is 43.1 Å². The third kappa shape index (κ3) is 2.49. The molecule has 106 valence electrons. The normalized spacial score (nSPS) is 14.9. The van der Waals surface area contributed by atoms with Gasteiger partial charge in [-0.2, -0.15) is 0 Å². The summed E-state index contributed by atoms with van der Waals surface area (Å²) < 4.78 is 15.7. The summed E-state index contributed by atoms with van der Waals surface area (Å²) in [7, 11) is 3.31. The smallest absolute Gasteiger partial charge is 0.258 e. The van der Waals surface area contributed by atoms with E-state index in [9.17, 15) is 0 Å². The van der Waals surface area contributed by atoms with Gasteiger partial charge in [0.1, 0.15) is 11.5 Å². The van der Waals surface area contributed by atoms with E-state index in [1.807, 2.05) is 12.1 Å². The highest BCUT2D eigenvalue weighted by Crippen LogP contribution is 2.28. The number of methoxy groups -OCH3 is 2. The van der Waals surface area contributed by atoms with E-state index in [1.54, 1.807) is 14.2 Å². The van der Waals surface area contributed by atoms with Crippen molar-refractivity contribution in [2.75, 3.05) is 20.8 Å². The second kappa shape index (κ2) is 5.54. The van der Waals surface area contributed by atoms with E-state index in [2.05, 4.69) is 22.2 Å². The molecule has 1 aromatic heterocycles. The number of fused-ring (bicyclic) bond motifs is 1. The van der Waals surface area contributed by atoms with Crippen LogP contribution in [0.5, 0.6) is 11.6 Å². The highest BCUT2D eigenvalue weighted by atomic mass is 16.5. The van der Waals surface area contributed by atoms with Crippen molar-refractivity contribution in [3.05, 3.63) is 41.2 Å². The molecule has 2 heterocycles. The van der Waals surface area contributed by atoms with Crippen LogP contribution < -0.4 is 9.47 Å². The lowest BCUT2D eigenvalue weighted by Gasteiger charge is -2.25. The van der Waals surface area contributed by atoms with Gasteiger partial charge >= 0.3 is 0 Å². The number of nitrogens with zero attached hydrogens (tertiary/aromatic N) is 2. The first kappa shape index (κ1) is 13.0. The quantitative estimate of drug-likeness (QED) is 0.855. The maximum atomic E-state index is 5.29. The molecule has 0 bridgehead atoms. The predicted molar refractivity (Wildman–Crippen MR) is 73.9 cm³/mol. The van der Waals surface area contributed by atoms with Crippen molar-refractivity contribution in [3.8, 4) is 11.6 Å². The van der Waals surface area contributed by atoms with Crippen molar-refractivity contribution >= 4 is 0 Å². The summed E-state index contributed by atoms with van der Waals surface area (Å²) in [6.07, 6.45) is 0.877. The molecule has 3 rings (SSSR count). The van der Waals surface area contributed by atoms with Crippen LogP contribution >= 0.6 is 0 Å². The van der Waals surface area contributed by atoms with E-state index < -0.39 is 0 Å². The van der Waals surface area contributed by atoms with Crippen LogP contribution in [0, 0.1) is 0 Å². The van der Waals surface area contributed by atoms with Crippen LogP contribution in [0.25, 0.3) is 0 Å². The second-order valence-corrected chi connectivity index (χ2v) is 4.90. The molecule has 0 spiro atoms. The minimum absolute atomic E-state index is 0.611. The molecule has 0 amide bonds. The van der Waals surface area contributed by atoms with Crippen molar-refractivity contribution in [2.45, 2.75) is 19.5 Å². The molecule has 5 heteroatoms. The fraction of sp³-hybridized carbons (Fsp3) is 0.400. The molecule has 20 heavy (non-hydrogen) atoms. The van der Waals surface area contributed by atoms with Gasteiger partial charge in [-0.15, -0.1) is 0 Å². The first-order chi connectivity index (χ1) is 9.80. The Morgan fingerprint density at radius 2 is 2.00 bits per heavy atom. The first-order valence-electron chi connectivity index (χ1n) is 6.67. The van der Waals surface area contributed by atoms with Crippen molar-refractivity contribution in [3.63, 3.8) is 0 Å². The fourth-order valence-electron chi connectivity index (χ4n) is 2.53. The Balaban J connectivity index is 1.70. The summed E-state index contributed by atoms with van der Waals surface area (Å²) in [5, 5.41) is 3.94. The van der Waals surface area contributed by atoms with Crippen molar-refractivity contribution in [1.82, 2.24) is 10.1 Å². The van der Waals surface area contributed by atoms with E-state index in [1.165, 1.54) is 5.56 Å². The zero-order valence-corrected chi connectivity index (χ0v) is 11.8. The molecular formula is C15H18N2O3. The molecule has 1 aliphatic rings. The molecule has 0 N–H and O–H groups in total. The van der Waals surface area contributed by atoms with Gasteiger partial charge in [0.25, 0.3) is 5.88 Å². The highest BCUT2D eigenvalue weighted by molar-refractivity contribution is 5.31. The summed E-state index contributed by atoms with van der Waals surface area (Å²) in [6, 6.07) is 8.17. The maximum Gasteiger partial charge on any atom is 0.258 e. The molecule has 0 fully saturated rings. The summed E-state index contributed by atoms with van der Waals surface area (Å²) in [4.78, 5) is 2.36. The van der Waals surface area contributed by atoms with Gasteiger partial charge in [0, 0.05) is 26.1 Å². The van der Waals surface area contributed by atoms with Gasteiger partial charge in [-0.25, -0.2) is 0 Å². The summed E-state index contributed by atoms with van der Waals surface area (Å²) >= 11 is 0. The lowest BCUT2D eigenvalue weighted by Crippen LogP contribution is -2.29. The molecule has 0 saturated heterocycles. The van der Waals surface area contributed by atoms with Crippen molar-refractivity contribution in [1.29, 1.82) is 0 Å². The number of aromatic nitrogens is 1. The highest BCUT2D eigenvalue weighted by Gasteiger charge is 2.24. The SMILES string of the molecule is COc1ccc(CN2CCc3onc(OC)c3C2)cc1. The van der Waals surface area contributed by atoms with E-state index in [4.69, 9.17) is 14.0 Å². The van der Waals surface area contributed by atoms with Crippen LogP contribution in [0.2, 0.25) is 0 Å². The maximum absolute atomic E-state index is 5.29. The largest absolute Gasteiger partial charge is 0.497 e. The van der Waals surface area contributed by atoms with Gasteiger partial charge in [-0.1, -0.05) is 12.1 Å². The van der Waals surface area contributed by atoms with Crippen LogP contribution in [0.4, 0.5) is 0 Å². The van der Waals surface area contributed by atoms with Gasteiger partial charge in [-0.3, -0.25) is 4.90 Å². The van der Waals surface area contributed by atoms with Gasteiger partial charge in [-0.05, 0) is 22.9 Å². The topological polar surface area (TPSA) is 47.7 Å². The number of benzene rings is 1. The van der Waals surface area contributed by atoms with Gasteiger partial charge in [0.2, 0.25) is 0 Å². The van der Waals surface area contributed by atoms with Crippen molar-refractivity contribution in [2.24, 2.45) is 0 Å². The van der Waals surface area contributed by atoms with Gasteiger partial charge in [0.15, 0.2) is 0 Å². The van der Waals surface area contributed by atoms with E-state index >= 15 is 0 Å². The molecule has 2 aromatic rings. The Morgan fingerprint density at radius 1 is 1.20 bits per heavy atom. The average Bonchev–Trinajstić information content (AvgIpc) is 2.90. The Hall–Kier alpha value is -2.01. The minimum Gasteiger partial charge on any atom is -0.497 e. The predicted octanol–water partition coefficient (Wildman–Crippen LogP) is 2.25. The minimum atomic E-state index is 0.611. The molecular weight excluding hydrogens is 256 g/mol. The number of rotatable bonds is 4. The third-order valence-electron chi connectivity index (χ3n) is 3.63. The van der Waals surface area contributed by atoms with Crippen LogP contribution in [0.15, 0.2) is 28.8 Å². The molecule has 5 nitrogen and oxygen atoms in total.